The second kappa shape index (κ2) is 4.77. The van der Waals surface area contributed by atoms with Gasteiger partial charge in [-0.05, 0) is 37.5 Å². The van der Waals surface area contributed by atoms with Crippen molar-refractivity contribution in [2.24, 2.45) is 0 Å². The van der Waals surface area contributed by atoms with Gasteiger partial charge in [0, 0.05) is 6.54 Å². The van der Waals surface area contributed by atoms with Crippen LogP contribution in [0, 0.1) is 13.8 Å². The Hall–Kier alpha value is -0.870. The quantitative estimate of drug-likeness (QED) is 0.855. The van der Waals surface area contributed by atoms with Crippen LogP contribution < -0.4 is 4.72 Å². The summed E-state index contributed by atoms with van der Waals surface area (Å²) >= 11 is 0. The third kappa shape index (κ3) is 2.79. The zero-order chi connectivity index (χ0) is 11.5. The highest BCUT2D eigenvalue weighted by molar-refractivity contribution is 7.89. The van der Waals surface area contributed by atoms with Crippen molar-refractivity contribution in [3.8, 4) is 0 Å². The summed E-state index contributed by atoms with van der Waals surface area (Å²) < 4.78 is 26.3. The Morgan fingerprint density at radius 3 is 2.53 bits per heavy atom. The number of aryl methyl sites for hydroxylation is 1. The summed E-state index contributed by atoms with van der Waals surface area (Å²) in [5.74, 6) is 0. The maximum Gasteiger partial charge on any atom is 0.240 e. The molecule has 0 saturated carbocycles. The average Bonchev–Trinajstić information content (AvgIpc) is 2.19. The van der Waals surface area contributed by atoms with Gasteiger partial charge in [-0.2, -0.15) is 0 Å². The topological polar surface area (TPSA) is 46.2 Å². The SMILES string of the molecule is CCCNS(=O)(=O)c1cccc(C)c1C. The molecule has 0 bridgehead atoms. The molecule has 15 heavy (non-hydrogen) atoms. The van der Waals surface area contributed by atoms with Gasteiger partial charge >= 0.3 is 0 Å². The Bertz CT molecular complexity index is 438. The fourth-order valence-electron chi connectivity index (χ4n) is 1.33. The van der Waals surface area contributed by atoms with Gasteiger partial charge in [0.25, 0.3) is 0 Å². The standard InChI is InChI=1S/C11H17NO2S/c1-4-8-12-15(13,14)11-7-5-6-9(2)10(11)3/h5-7,12H,4,8H2,1-3H3. The van der Waals surface area contributed by atoms with Crippen molar-refractivity contribution in [1.82, 2.24) is 4.72 Å². The molecule has 3 nitrogen and oxygen atoms in total. The van der Waals surface area contributed by atoms with Crippen molar-refractivity contribution in [3.63, 3.8) is 0 Å². The third-order valence-corrected chi connectivity index (χ3v) is 3.99. The Morgan fingerprint density at radius 2 is 1.93 bits per heavy atom. The van der Waals surface area contributed by atoms with Crippen molar-refractivity contribution in [1.29, 1.82) is 0 Å². The molecule has 0 aliphatic rings. The summed E-state index contributed by atoms with van der Waals surface area (Å²) in [6.07, 6.45) is 0.796. The fraction of sp³-hybridized carbons (Fsp3) is 0.455. The first-order valence-electron chi connectivity index (χ1n) is 5.05. The monoisotopic (exact) mass is 227 g/mol. The molecule has 0 aliphatic heterocycles. The smallest absolute Gasteiger partial charge is 0.211 e. The van der Waals surface area contributed by atoms with E-state index in [1.54, 1.807) is 12.1 Å². The maximum absolute atomic E-state index is 11.9. The van der Waals surface area contributed by atoms with Crippen LogP contribution in [0.2, 0.25) is 0 Å². The van der Waals surface area contributed by atoms with Gasteiger partial charge < -0.3 is 0 Å². The summed E-state index contributed by atoms with van der Waals surface area (Å²) in [5, 5.41) is 0. The Morgan fingerprint density at radius 1 is 1.27 bits per heavy atom. The van der Waals surface area contributed by atoms with Gasteiger partial charge in [0.05, 0.1) is 4.90 Å². The molecule has 1 N–H and O–H groups in total. The molecule has 0 heterocycles. The fourth-order valence-corrected chi connectivity index (χ4v) is 2.78. The predicted molar refractivity (Wildman–Crippen MR) is 61.4 cm³/mol. The van der Waals surface area contributed by atoms with E-state index in [1.165, 1.54) is 0 Å². The first kappa shape index (κ1) is 12.2. The molecule has 0 fully saturated rings. The van der Waals surface area contributed by atoms with E-state index in [-0.39, 0.29) is 0 Å². The molecule has 1 aromatic rings. The molecule has 4 heteroatoms. The van der Waals surface area contributed by atoms with Crippen LogP contribution in [-0.2, 0) is 10.0 Å². The van der Waals surface area contributed by atoms with Crippen molar-refractivity contribution in [2.45, 2.75) is 32.1 Å². The molecule has 1 rings (SSSR count). The van der Waals surface area contributed by atoms with E-state index in [0.29, 0.717) is 11.4 Å². The zero-order valence-corrected chi connectivity index (χ0v) is 10.2. The highest BCUT2D eigenvalue weighted by Gasteiger charge is 2.15. The molecular formula is C11H17NO2S. The predicted octanol–water partition coefficient (Wildman–Crippen LogP) is 1.99. The molecule has 0 aromatic heterocycles. The van der Waals surface area contributed by atoms with Crippen molar-refractivity contribution >= 4 is 10.0 Å². The van der Waals surface area contributed by atoms with Crippen LogP contribution >= 0.6 is 0 Å². The van der Waals surface area contributed by atoms with Gasteiger partial charge in [0.1, 0.15) is 0 Å². The summed E-state index contributed by atoms with van der Waals surface area (Å²) in [4.78, 5) is 0.385. The van der Waals surface area contributed by atoms with Gasteiger partial charge in [-0.25, -0.2) is 13.1 Å². The summed E-state index contributed by atoms with van der Waals surface area (Å²) in [6, 6.07) is 5.32. The van der Waals surface area contributed by atoms with Gasteiger partial charge in [0.15, 0.2) is 0 Å². The maximum atomic E-state index is 11.9. The van der Waals surface area contributed by atoms with Crippen LogP contribution in [-0.4, -0.2) is 15.0 Å². The Kier molecular flexibility index (Phi) is 3.88. The first-order chi connectivity index (χ1) is 6.99. The second-order valence-electron chi connectivity index (χ2n) is 3.60. The van der Waals surface area contributed by atoms with Crippen molar-refractivity contribution in [2.75, 3.05) is 6.54 Å². The second-order valence-corrected chi connectivity index (χ2v) is 5.33. The van der Waals surface area contributed by atoms with Gasteiger partial charge in [-0.3, -0.25) is 0 Å². The number of rotatable bonds is 4. The van der Waals surface area contributed by atoms with E-state index >= 15 is 0 Å². The largest absolute Gasteiger partial charge is 0.240 e. The lowest BCUT2D eigenvalue weighted by atomic mass is 10.1. The van der Waals surface area contributed by atoms with Crippen molar-refractivity contribution < 1.29 is 8.42 Å². The van der Waals surface area contributed by atoms with Gasteiger partial charge in [0.2, 0.25) is 10.0 Å². The molecule has 0 saturated heterocycles. The highest BCUT2D eigenvalue weighted by atomic mass is 32.2. The molecular weight excluding hydrogens is 210 g/mol. The van der Waals surface area contributed by atoms with Crippen LogP contribution in [0.1, 0.15) is 24.5 Å². The van der Waals surface area contributed by atoms with Crippen LogP contribution in [0.4, 0.5) is 0 Å². The number of benzene rings is 1. The molecule has 0 aliphatic carbocycles. The minimum Gasteiger partial charge on any atom is -0.211 e. The van der Waals surface area contributed by atoms with Crippen molar-refractivity contribution in [3.05, 3.63) is 29.3 Å². The molecule has 1 aromatic carbocycles. The van der Waals surface area contributed by atoms with Gasteiger partial charge in [-0.1, -0.05) is 19.1 Å². The van der Waals surface area contributed by atoms with E-state index < -0.39 is 10.0 Å². The minimum atomic E-state index is -3.33. The number of hydrogen-bond donors (Lipinski definition) is 1. The van der Waals surface area contributed by atoms with Gasteiger partial charge in [-0.15, -0.1) is 0 Å². The molecule has 0 spiro atoms. The van der Waals surface area contributed by atoms with E-state index in [1.807, 2.05) is 26.8 Å². The number of hydrogen-bond acceptors (Lipinski definition) is 2. The van der Waals surface area contributed by atoms with E-state index in [0.717, 1.165) is 17.5 Å². The number of sulfonamides is 1. The molecule has 0 amide bonds. The third-order valence-electron chi connectivity index (χ3n) is 2.39. The van der Waals surface area contributed by atoms with Crippen LogP contribution in [0.15, 0.2) is 23.1 Å². The van der Waals surface area contributed by atoms with E-state index in [9.17, 15) is 8.42 Å². The summed E-state index contributed by atoms with van der Waals surface area (Å²) in [5.41, 5.74) is 1.82. The molecule has 0 atom stereocenters. The molecule has 0 unspecified atom stereocenters. The summed E-state index contributed by atoms with van der Waals surface area (Å²) in [7, 11) is -3.33. The van der Waals surface area contributed by atoms with E-state index in [2.05, 4.69) is 4.72 Å². The van der Waals surface area contributed by atoms with Crippen LogP contribution in [0.3, 0.4) is 0 Å². The lowest BCUT2D eigenvalue weighted by molar-refractivity contribution is 0.580. The van der Waals surface area contributed by atoms with Crippen LogP contribution in [0.5, 0.6) is 0 Å². The Balaban J connectivity index is 3.10. The normalized spacial score (nSPS) is 11.7. The molecule has 0 radical (unpaired) electrons. The Labute approximate surface area is 91.6 Å². The minimum absolute atomic E-state index is 0.385. The summed E-state index contributed by atoms with van der Waals surface area (Å²) in [6.45, 7) is 6.16. The highest BCUT2D eigenvalue weighted by Crippen LogP contribution is 2.17. The average molecular weight is 227 g/mol. The lowest BCUT2D eigenvalue weighted by Gasteiger charge is -2.10. The van der Waals surface area contributed by atoms with E-state index in [4.69, 9.17) is 0 Å². The van der Waals surface area contributed by atoms with Crippen LogP contribution in [0.25, 0.3) is 0 Å². The molecule has 84 valence electrons. The lowest BCUT2D eigenvalue weighted by Crippen LogP contribution is -2.25. The zero-order valence-electron chi connectivity index (χ0n) is 9.37. The first-order valence-corrected chi connectivity index (χ1v) is 6.53. The number of nitrogens with one attached hydrogen (secondary N) is 1.